The van der Waals surface area contributed by atoms with Crippen molar-refractivity contribution in [3.8, 4) is 22.9 Å². The van der Waals surface area contributed by atoms with Gasteiger partial charge in [0, 0.05) is 35.9 Å². The molecule has 0 saturated carbocycles. The maximum atomic E-state index is 13.2. The Morgan fingerprint density at radius 1 is 0.979 bits per heavy atom. The molecule has 0 saturated heterocycles. The first kappa shape index (κ1) is 33.2. The number of amides is 2. The topological polar surface area (TPSA) is 120 Å². The van der Waals surface area contributed by atoms with Crippen LogP contribution in [0.1, 0.15) is 48.8 Å². The van der Waals surface area contributed by atoms with Crippen molar-refractivity contribution in [3.63, 3.8) is 0 Å². The number of carbonyl (C=O) groups is 1. The number of methoxy groups -OCH3 is 1. The summed E-state index contributed by atoms with van der Waals surface area (Å²) in [6.45, 7) is 8.62. The zero-order chi connectivity index (χ0) is 33.7. The number of halogens is 1. The summed E-state index contributed by atoms with van der Waals surface area (Å²) in [5.74, 6) is 1.54. The summed E-state index contributed by atoms with van der Waals surface area (Å²) in [7, 11) is 1.60. The van der Waals surface area contributed by atoms with Gasteiger partial charge in [-0.15, -0.1) is 0 Å². The van der Waals surface area contributed by atoms with E-state index in [0.29, 0.717) is 29.5 Å². The summed E-state index contributed by atoms with van der Waals surface area (Å²) < 4.78 is 14.5. The Morgan fingerprint density at radius 2 is 1.72 bits per heavy atom. The fourth-order valence-electron chi connectivity index (χ4n) is 4.99. The molecule has 0 unspecified atom stereocenters. The number of phenols is 1. The van der Waals surface area contributed by atoms with Gasteiger partial charge in [-0.1, -0.05) is 74.8 Å². The Hall–Kier alpha value is -5.22. The number of nitrogens with one attached hydrogen (secondary N) is 2. The van der Waals surface area contributed by atoms with Gasteiger partial charge in [-0.05, 0) is 47.9 Å². The van der Waals surface area contributed by atoms with Gasteiger partial charge in [0.15, 0.2) is 0 Å². The minimum Gasteiger partial charge on any atom is -0.508 e. The fraction of sp³-hybridized carbons (Fsp3) is 0.250. The highest BCUT2D eigenvalue weighted by molar-refractivity contribution is 6.31. The summed E-state index contributed by atoms with van der Waals surface area (Å²) in [6, 6.07) is 24.9. The highest BCUT2D eigenvalue weighted by atomic mass is 35.5. The molecule has 0 fully saturated rings. The van der Waals surface area contributed by atoms with Crippen LogP contribution < -0.4 is 25.7 Å². The monoisotopic (exact) mass is 655 g/mol. The zero-order valence-corrected chi connectivity index (χ0v) is 27.8. The third-order valence-corrected chi connectivity index (χ3v) is 7.97. The lowest BCUT2D eigenvalue weighted by Gasteiger charge is -2.16. The average molecular weight is 656 g/mol. The summed E-state index contributed by atoms with van der Waals surface area (Å²) in [5, 5.41) is 20.5. The number of urea groups is 1. The largest absolute Gasteiger partial charge is 0.508 e. The molecule has 2 amide bonds. The number of carbonyl (C=O) groups excluding carboxylic acids is 1. The number of benzene rings is 3. The predicted molar refractivity (Wildman–Crippen MR) is 183 cm³/mol. The number of anilines is 1. The highest BCUT2D eigenvalue weighted by Gasteiger charge is 2.22. The third-order valence-electron chi connectivity index (χ3n) is 7.62. The lowest BCUT2D eigenvalue weighted by atomic mass is 9.92. The van der Waals surface area contributed by atoms with E-state index in [1.165, 1.54) is 0 Å². The van der Waals surface area contributed by atoms with Gasteiger partial charge in [0.2, 0.25) is 0 Å². The molecule has 3 aromatic carbocycles. The van der Waals surface area contributed by atoms with E-state index in [0.717, 1.165) is 22.4 Å². The minimum atomic E-state index is -0.430. The predicted octanol–water partition coefficient (Wildman–Crippen LogP) is 6.96. The maximum Gasteiger partial charge on any atom is 0.320 e. The Labute approximate surface area is 278 Å². The number of hydrogen-bond acceptors (Lipinski definition) is 6. The third kappa shape index (κ3) is 7.96. The highest BCUT2D eigenvalue weighted by Crippen LogP contribution is 2.28. The van der Waals surface area contributed by atoms with Crippen molar-refractivity contribution >= 4 is 23.4 Å². The lowest BCUT2D eigenvalue weighted by Crippen LogP contribution is -2.29. The van der Waals surface area contributed by atoms with Gasteiger partial charge < -0.3 is 24.5 Å². The molecule has 3 N–H and O–H groups in total. The molecule has 47 heavy (non-hydrogen) atoms. The van der Waals surface area contributed by atoms with Crippen molar-refractivity contribution in [3.05, 3.63) is 128 Å². The first-order valence-electron chi connectivity index (χ1n) is 15.1. The Bertz CT molecular complexity index is 1960. The molecule has 5 aromatic rings. The van der Waals surface area contributed by atoms with E-state index >= 15 is 0 Å². The number of ether oxygens (including phenoxy) is 2. The molecule has 5 rings (SSSR count). The molecule has 2 heterocycles. The van der Waals surface area contributed by atoms with Crippen molar-refractivity contribution in [1.82, 2.24) is 19.7 Å². The van der Waals surface area contributed by atoms with Crippen molar-refractivity contribution in [2.24, 2.45) is 0 Å². The summed E-state index contributed by atoms with van der Waals surface area (Å²) in [4.78, 5) is 26.3. The quantitative estimate of drug-likeness (QED) is 0.150. The molecule has 0 atom stereocenters. The molecular weight excluding hydrogens is 618 g/mol. The average Bonchev–Trinajstić information content (AvgIpc) is 3.48. The number of nitrogens with zero attached hydrogens (tertiary/aromatic N) is 3. The van der Waals surface area contributed by atoms with Gasteiger partial charge in [-0.2, -0.15) is 5.10 Å². The molecule has 0 aliphatic heterocycles. The molecule has 0 radical (unpaired) electrons. The van der Waals surface area contributed by atoms with Crippen LogP contribution in [0.15, 0.2) is 89.7 Å². The van der Waals surface area contributed by atoms with Crippen LogP contribution in [-0.4, -0.2) is 32.6 Å². The summed E-state index contributed by atoms with van der Waals surface area (Å²) in [5.41, 5.74) is 4.03. The number of pyridine rings is 1. The van der Waals surface area contributed by atoms with Crippen LogP contribution in [0, 0.1) is 6.92 Å². The molecular formula is C36H38ClN5O5. The minimum absolute atomic E-state index is 0.00791. The molecule has 0 aliphatic rings. The number of hydrogen-bond donors (Lipinski definition) is 3. The first-order chi connectivity index (χ1) is 22.4. The summed E-state index contributed by atoms with van der Waals surface area (Å²) >= 11 is 6.51. The smallest absolute Gasteiger partial charge is 0.320 e. The SMILES string of the molecule is COc1cccc(Cn2c(C)cc(OCc3ccccc3CNC(=O)Nc3cc(C(C)(C)C)nn3-c3cccc(O)c3)c(Cl)c2=O)c1. The van der Waals surface area contributed by atoms with E-state index in [1.807, 2.05) is 82.3 Å². The molecule has 244 valence electrons. The second-order valence-corrected chi connectivity index (χ2v) is 12.5. The van der Waals surface area contributed by atoms with E-state index in [4.69, 9.17) is 26.2 Å². The Kier molecular flexibility index (Phi) is 9.91. The van der Waals surface area contributed by atoms with Crippen LogP contribution in [0.5, 0.6) is 17.2 Å². The van der Waals surface area contributed by atoms with Crippen LogP contribution in [0.3, 0.4) is 0 Å². The van der Waals surface area contributed by atoms with Crippen molar-refractivity contribution in [2.75, 3.05) is 12.4 Å². The van der Waals surface area contributed by atoms with E-state index in [2.05, 4.69) is 10.6 Å². The van der Waals surface area contributed by atoms with Crippen LogP contribution in [-0.2, 0) is 25.1 Å². The standard InChI is InChI=1S/C36H38ClN5O5/c1-23-16-30(33(37)34(44)41(23)21-24-10-8-15-29(17-24)46-5)47-22-26-12-7-6-11-25(26)20-38-35(45)39-32-19-31(36(2,3)4)40-42(32)27-13-9-14-28(43)18-27/h6-19,43H,20-22H2,1-5H3,(H2,38,39,45). The number of aryl methyl sites for hydroxylation is 1. The summed E-state index contributed by atoms with van der Waals surface area (Å²) in [6.07, 6.45) is 0. The molecule has 0 aliphatic carbocycles. The number of rotatable bonds is 10. The maximum absolute atomic E-state index is 13.2. The van der Waals surface area contributed by atoms with Gasteiger partial charge in [0.05, 0.1) is 25.0 Å². The van der Waals surface area contributed by atoms with Crippen molar-refractivity contribution < 1.29 is 19.4 Å². The number of phenolic OH excluding ortho intramolecular Hbond substituents is 1. The second kappa shape index (κ2) is 14.0. The molecule has 10 nitrogen and oxygen atoms in total. The van der Waals surface area contributed by atoms with E-state index in [-0.39, 0.29) is 40.6 Å². The Balaban J connectivity index is 1.27. The number of aromatic nitrogens is 3. The zero-order valence-electron chi connectivity index (χ0n) is 27.0. The van der Waals surface area contributed by atoms with E-state index < -0.39 is 6.03 Å². The van der Waals surface area contributed by atoms with Crippen LogP contribution >= 0.6 is 11.6 Å². The van der Waals surface area contributed by atoms with Gasteiger partial charge in [-0.25, -0.2) is 9.48 Å². The van der Waals surface area contributed by atoms with Crippen LogP contribution in [0.25, 0.3) is 5.69 Å². The number of aromatic hydroxyl groups is 1. The lowest BCUT2D eigenvalue weighted by molar-refractivity contribution is 0.251. The van der Waals surface area contributed by atoms with Gasteiger partial charge in [0.1, 0.15) is 34.7 Å². The van der Waals surface area contributed by atoms with Gasteiger partial charge in [0.25, 0.3) is 5.56 Å². The van der Waals surface area contributed by atoms with Crippen molar-refractivity contribution in [2.45, 2.75) is 52.8 Å². The Morgan fingerprint density at radius 3 is 2.45 bits per heavy atom. The van der Waals surface area contributed by atoms with Crippen LogP contribution in [0.2, 0.25) is 5.02 Å². The fourth-order valence-corrected chi connectivity index (χ4v) is 5.20. The van der Waals surface area contributed by atoms with E-state index in [1.54, 1.807) is 46.7 Å². The molecule has 0 bridgehead atoms. The molecule has 0 spiro atoms. The molecule has 11 heteroatoms. The van der Waals surface area contributed by atoms with Gasteiger partial charge in [-0.3, -0.25) is 10.1 Å². The van der Waals surface area contributed by atoms with E-state index in [9.17, 15) is 14.7 Å². The second-order valence-electron chi connectivity index (χ2n) is 12.2. The molecule has 2 aromatic heterocycles. The first-order valence-corrected chi connectivity index (χ1v) is 15.5. The normalized spacial score (nSPS) is 11.3. The van der Waals surface area contributed by atoms with Gasteiger partial charge >= 0.3 is 6.03 Å². The van der Waals surface area contributed by atoms with Crippen molar-refractivity contribution in [1.29, 1.82) is 0 Å². The van der Waals surface area contributed by atoms with Crippen LogP contribution in [0.4, 0.5) is 10.6 Å².